The Kier molecular flexibility index (Phi) is 29.4. The van der Waals surface area contributed by atoms with Gasteiger partial charge in [-0.3, -0.25) is 28.5 Å². The molecule has 2 N–H and O–H groups in total. The van der Waals surface area contributed by atoms with Crippen LogP contribution < -0.4 is 20.7 Å². The number of halogens is 2. The number of likely N-dealkylation sites (tertiary alicyclic amines) is 2. The summed E-state index contributed by atoms with van der Waals surface area (Å²) in [6, 6.07) is 39.0. The Balaban J connectivity index is 0.000000164. The highest BCUT2D eigenvalue weighted by Crippen LogP contribution is 2.34. The van der Waals surface area contributed by atoms with Crippen LogP contribution in [0.15, 0.2) is 132 Å². The lowest BCUT2D eigenvalue weighted by Gasteiger charge is -2.35. The number of benzene rings is 5. The smallest absolute Gasteiger partial charge is 0.452 e. The van der Waals surface area contributed by atoms with Gasteiger partial charge in [0.05, 0.1) is 43.7 Å². The molecule has 0 radical (unpaired) electrons. The van der Waals surface area contributed by atoms with E-state index in [0.29, 0.717) is 101 Å². The molecular formula is C79H99F2N10O13P. The zero-order valence-electron chi connectivity index (χ0n) is 61.6. The molecule has 0 bridgehead atoms. The number of morpholine rings is 2. The van der Waals surface area contributed by atoms with Gasteiger partial charge in [0.15, 0.2) is 11.4 Å². The van der Waals surface area contributed by atoms with Gasteiger partial charge in [0.2, 0.25) is 11.8 Å². The van der Waals surface area contributed by atoms with Crippen LogP contribution in [-0.4, -0.2) is 187 Å². The molecule has 4 fully saturated rings. The molecule has 4 atom stereocenters. The number of azo groups is 1. The lowest BCUT2D eigenvalue weighted by Crippen LogP contribution is -2.48. The third kappa shape index (κ3) is 22.6. The second kappa shape index (κ2) is 38.6. The summed E-state index contributed by atoms with van der Waals surface area (Å²) in [6.07, 6.45) is 5.81. The van der Waals surface area contributed by atoms with Gasteiger partial charge in [0.25, 0.3) is 11.8 Å². The number of aromatic nitrogens is 4. The fourth-order valence-electron chi connectivity index (χ4n) is 13.5. The second-order valence-corrected chi connectivity index (χ2v) is 29.3. The van der Waals surface area contributed by atoms with Gasteiger partial charge in [-0.25, -0.2) is 18.4 Å². The highest BCUT2D eigenvalue weighted by Gasteiger charge is 2.36. The minimum Gasteiger partial charge on any atom is -0.508 e. The highest BCUT2D eigenvalue weighted by atomic mass is 31.1. The monoisotopic (exact) mass is 1460 g/mol. The van der Waals surface area contributed by atoms with Crippen molar-refractivity contribution in [2.24, 2.45) is 10.2 Å². The van der Waals surface area contributed by atoms with Crippen molar-refractivity contribution in [1.82, 2.24) is 39.2 Å². The van der Waals surface area contributed by atoms with Crippen LogP contribution in [0.1, 0.15) is 140 Å². The van der Waals surface area contributed by atoms with Crippen LogP contribution in [0.2, 0.25) is 0 Å². The van der Waals surface area contributed by atoms with E-state index in [4.69, 9.17) is 19.3 Å². The maximum absolute atomic E-state index is 13.6. The summed E-state index contributed by atoms with van der Waals surface area (Å²) in [5, 5.41) is 37.8. The average molecular weight is 1470 g/mol. The Hall–Kier alpha value is -9.29. The Bertz CT molecular complexity index is 4010. The predicted molar refractivity (Wildman–Crippen MR) is 395 cm³/mol. The minimum absolute atomic E-state index is 0.000187. The molecular weight excluding hydrogens is 1370 g/mol. The molecule has 7 aromatic rings. The molecule has 5 aromatic carbocycles. The Morgan fingerprint density at radius 1 is 0.533 bits per heavy atom. The molecule has 4 aliphatic heterocycles. The number of carbonyl (C=O) groups excluding carboxylic acids is 6. The van der Waals surface area contributed by atoms with Gasteiger partial charge in [-0.2, -0.15) is 10.2 Å². The number of ether oxygens (including phenoxy) is 5. The average Bonchev–Trinajstić information content (AvgIpc) is 1.65. The fourth-order valence-corrected chi connectivity index (χ4v) is 15.8. The van der Waals surface area contributed by atoms with Gasteiger partial charge in [-0.05, 0) is 161 Å². The first-order valence-corrected chi connectivity index (χ1v) is 37.7. The summed E-state index contributed by atoms with van der Waals surface area (Å²) < 4.78 is 55.6. The molecule has 6 aliphatic rings. The second-order valence-electron chi connectivity index (χ2n) is 27.1. The van der Waals surface area contributed by atoms with Gasteiger partial charge in [-0.15, -0.1) is 0 Å². The van der Waals surface area contributed by atoms with E-state index in [2.05, 4.69) is 122 Å². The van der Waals surface area contributed by atoms with Gasteiger partial charge in [0, 0.05) is 99.8 Å². The van der Waals surface area contributed by atoms with E-state index >= 15 is 0 Å². The van der Waals surface area contributed by atoms with Crippen LogP contribution in [-0.2, 0) is 67.3 Å². The number of phenolic OH excluding ortho intramolecular Hbond substituents is 1. The number of aliphatic hydroxyl groups excluding tert-OH is 1. The number of rotatable bonds is 13. The van der Waals surface area contributed by atoms with E-state index in [-0.39, 0.29) is 98.1 Å². The summed E-state index contributed by atoms with van der Waals surface area (Å²) >= 11 is 0. The van der Waals surface area contributed by atoms with E-state index < -0.39 is 25.9 Å². The van der Waals surface area contributed by atoms with Crippen LogP contribution in [0, 0.1) is 32.4 Å². The molecule has 4 saturated heterocycles. The molecule has 562 valence electrons. The first-order chi connectivity index (χ1) is 50.4. The van der Waals surface area contributed by atoms with Crippen molar-refractivity contribution in [3.63, 3.8) is 0 Å². The van der Waals surface area contributed by atoms with Crippen molar-refractivity contribution in [2.75, 3.05) is 65.6 Å². The standard InChI is InChI=1S/C27H35FN4O4.C20H30N4O4.C19H17P.C7H7FO.C6H10N2O4/c1-17-7-8-20(28)13-24(17)36-21-9-11-30(12-10-21)25(33)16-32-23-6-4-5-22(23)26(29-32)27(34)31-14-18(2)35-19(3)15-31;1-13-10-23(11-14(2)28-13)20(27)19-16-4-3-5-17(16)24(21-19)12-18(26)22-8-6-15(25)7-9-22;1-16-12-14-19(15-13-16)20(17-8-4-2-5-9-17)18-10-6-3-7-11-18;1-5-2-3-6(8)4-7(5)9;1-3-11-5(9)7-8-6(10)12-4-2/h7-8,13,18-19,21H,4-6,9-12,14-16H2,1-3H3;13-15,25H,3-12H2,1-2H3;2-15H,1H3;2-4,9H,1H3;3-4H2,1-2H3/t18-,19+;13-,14+;;;. The molecule has 0 unspecified atom stereocenters. The van der Waals surface area contributed by atoms with Gasteiger partial charge >= 0.3 is 12.2 Å². The summed E-state index contributed by atoms with van der Waals surface area (Å²) in [7, 11) is -0.458. The van der Waals surface area contributed by atoms with E-state index in [9.17, 15) is 42.7 Å². The van der Waals surface area contributed by atoms with Crippen molar-refractivity contribution >= 4 is 59.7 Å². The summed E-state index contributed by atoms with van der Waals surface area (Å²) in [5.41, 5.74) is 7.96. The third-order valence-electron chi connectivity index (χ3n) is 18.7. The molecule has 26 heteroatoms. The molecule has 2 aromatic heterocycles. The number of aromatic hydroxyl groups is 1. The number of piperidine rings is 2. The Labute approximate surface area is 614 Å². The zero-order chi connectivity index (χ0) is 75.3. The molecule has 0 saturated carbocycles. The molecule has 6 heterocycles. The number of fused-ring (bicyclic) bond motifs is 2. The van der Waals surface area contributed by atoms with E-state index in [1.807, 2.05) is 49.3 Å². The van der Waals surface area contributed by atoms with Gasteiger partial charge < -0.3 is 53.5 Å². The number of aryl methyl sites for hydroxylation is 3. The Morgan fingerprint density at radius 3 is 1.36 bits per heavy atom. The van der Waals surface area contributed by atoms with E-state index in [0.717, 1.165) is 72.7 Å². The van der Waals surface area contributed by atoms with Crippen molar-refractivity contribution in [1.29, 1.82) is 0 Å². The number of phenols is 1. The summed E-state index contributed by atoms with van der Waals surface area (Å²) in [6.45, 7) is 22.2. The van der Waals surface area contributed by atoms with Gasteiger partial charge in [0.1, 0.15) is 42.3 Å². The molecule has 0 spiro atoms. The van der Waals surface area contributed by atoms with Crippen LogP contribution in [0.3, 0.4) is 0 Å². The number of carbonyl (C=O) groups is 6. The fraction of sp³-hybridized carbons (Fsp3) is 0.468. The summed E-state index contributed by atoms with van der Waals surface area (Å²) in [5.74, 6) is -0.247. The minimum atomic E-state index is -0.898. The van der Waals surface area contributed by atoms with Crippen LogP contribution in [0.25, 0.3) is 0 Å². The predicted octanol–water partition coefficient (Wildman–Crippen LogP) is 11.1. The molecule has 105 heavy (non-hydrogen) atoms. The first-order valence-electron chi connectivity index (χ1n) is 36.4. The molecule has 2 aliphatic carbocycles. The van der Waals surface area contributed by atoms with Crippen molar-refractivity contribution in [3.05, 3.63) is 184 Å². The summed E-state index contributed by atoms with van der Waals surface area (Å²) in [4.78, 5) is 80.6. The molecule has 6 amide bonds. The maximum atomic E-state index is 13.6. The normalized spacial score (nSPS) is 18.6. The van der Waals surface area contributed by atoms with E-state index in [1.54, 1.807) is 41.1 Å². The largest absolute Gasteiger partial charge is 0.508 e. The van der Waals surface area contributed by atoms with Gasteiger partial charge in [-0.1, -0.05) is 113 Å². The number of aliphatic hydroxyl groups is 1. The Morgan fingerprint density at radius 2 is 0.943 bits per heavy atom. The number of hydrogen-bond donors (Lipinski definition) is 2. The third-order valence-corrected chi connectivity index (χ3v) is 21.1. The lowest BCUT2D eigenvalue weighted by molar-refractivity contribution is -0.134. The molecule has 23 nitrogen and oxygen atoms in total. The van der Waals surface area contributed by atoms with Crippen LogP contribution in [0.5, 0.6) is 11.5 Å². The van der Waals surface area contributed by atoms with Crippen molar-refractivity contribution in [2.45, 2.75) is 176 Å². The van der Waals surface area contributed by atoms with Crippen LogP contribution in [0.4, 0.5) is 18.4 Å². The first kappa shape index (κ1) is 79.8. The van der Waals surface area contributed by atoms with Crippen LogP contribution >= 0.6 is 7.92 Å². The number of nitrogens with zero attached hydrogens (tertiary/aromatic N) is 10. The number of amides is 6. The number of hydrogen-bond acceptors (Lipinski definition) is 15. The quantitative estimate of drug-likeness (QED) is 0.0803. The van der Waals surface area contributed by atoms with Crippen molar-refractivity contribution < 1.29 is 71.4 Å². The SMILES string of the molecule is CCOC(=O)N=NC(=O)OCC.C[C@@H]1CN(C(=O)c2nn(CC(=O)N3CCC(O)CC3)c3c2CCC3)C[C@H](C)O1.Cc1ccc(F)cc1O.Cc1ccc(F)cc1OC1CCN(C(=O)Cn2nc(C(=O)N3C[C@@H](C)O[C@@H](C)C3)c3c2CCC3)CC1.Cc1ccc(P(c2ccccc2)c2ccccc2)cc1. The topological polar surface area (TPSA) is 262 Å². The van der Waals surface area contributed by atoms with Crippen molar-refractivity contribution in [3.8, 4) is 11.5 Å². The lowest BCUT2D eigenvalue weighted by atomic mass is 10.1. The van der Waals surface area contributed by atoms with E-state index in [1.165, 1.54) is 45.7 Å². The maximum Gasteiger partial charge on any atom is 0.452 e. The molecule has 13 rings (SSSR count). The zero-order valence-corrected chi connectivity index (χ0v) is 62.5. The highest BCUT2D eigenvalue weighted by molar-refractivity contribution is 7.79.